The molecule has 0 N–H and O–H groups in total. The fraction of sp³-hybridized carbons (Fsp3) is 0.632. The summed E-state index contributed by atoms with van der Waals surface area (Å²) >= 11 is 0. The van der Waals surface area contributed by atoms with Crippen LogP contribution in [0.25, 0.3) is 0 Å². The van der Waals surface area contributed by atoms with Crippen LogP contribution in [0.3, 0.4) is 0 Å². The molecule has 1 aliphatic heterocycles. The number of benzene rings is 1. The summed E-state index contributed by atoms with van der Waals surface area (Å²) in [5.74, 6) is -3.67. The van der Waals surface area contributed by atoms with E-state index < -0.39 is 17.4 Å². The fourth-order valence-corrected chi connectivity index (χ4v) is 2.84. The highest BCUT2D eigenvalue weighted by molar-refractivity contribution is 5.68. The van der Waals surface area contributed by atoms with Crippen LogP contribution in [0.15, 0.2) is 30.3 Å². The van der Waals surface area contributed by atoms with Crippen molar-refractivity contribution in [2.45, 2.75) is 45.1 Å². The lowest BCUT2D eigenvalue weighted by Gasteiger charge is -2.38. The van der Waals surface area contributed by atoms with Gasteiger partial charge in [-0.2, -0.15) is 0 Å². The van der Waals surface area contributed by atoms with Gasteiger partial charge < -0.3 is 9.64 Å². The van der Waals surface area contributed by atoms with Gasteiger partial charge in [0.15, 0.2) is 0 Å². The second-order valence-electron chi connectivity index (χ2n) is 7.64. The zero-order valence-electron chi connectivity index (χ0n) is 15.5. The predicted octanol–water partition coefficient (Wildman–Crippen LogP) is 3.98. The molecule has 1 saturated heterocycles. The Morgan fingerprint density at radius 2 is 1.68 bits per heavy atom. The van der Waals surface area contributed by atoms with Crippen molar-refractivity contribution in [3.8, 4) is 0 Å². The smallest absolute Gasteiger partial charge is 0.410 e. The van der Waals surface area contributed by atoms with Crippen molar-refractivity contribution < 1.29 is 18.3 Å². The number of alkyl halides is 2. The molecule has 1 fully saturated rings. The summed E-state index contributed by atoms with van der Waals surface area (Å²) in [6.07, 6.45) is -0.378. The number of nitrogens with zero attached hydrogens (tertiary/aromatic N) is 2. The number of hydrogen-bond donors (Lipinski definition) is 0. The van der Waals surface area contributed by atoms with Crippen LogP contribution in [0.4, 0.5) is 13.6 Å². The van der Waals surface area contributed by atoms with Gasteiger partial charge in [0.05, 0.1) is 6.54 Å². The molecule has 1 amide bonds. The van der Waals surface area contributed by atoms with E-state index in [4.69, 9.17) is 4.74 Å². The molecule has 0 aliphatic carbocycles. The molecule has 4 nitrogen and oxygen atoms in total. The minimum absolute atomic E-state index is 0.300. The van der Waals surface area contributed by atoms with Gasteiger partial charge in [-0.1, -0.05) is 37.3 Å². The van der Waals surface area contributed by atoms with E-state index in [1.807, 2.05) is 26.8 Å². The Morgan fingerprint density at radius 3 is 2.20 bits per heavy atom. The zero-order chi connectivity index (χ0) is 18.7. The van der Waals surface area contributed by atoms with Crippen LogP contribution >= 0.6 is 0 Å². The van der Waals surface area contributed by atoms with Crippen LogP contribution in [-0.2, 0) is 4.74 Å². The van der Waals surface area contributed by atoms with E-state index in [1.165, 1.54) is 0 Å². The quantitative estimate of drug-likeness (QED) is 0.820. The Balaban J connectivity index is 1.87. The van der Waals surface area contributed by atoms with Crippen molar-refractivity contribution >= 4 is 6.09 Å². The summed E-state index contributed by atoms with van der Waals surface area (Å²) in [6.45, 7) is 8.37. The van der Waals surface area contributed by atoms with Crippen molar-refractivity contribution in [2.75, 3.05) is 32.7 Å². The van der Waals surface area contributed by atoms with E-state index in [2.05, 4.69) is 0 Å². The zero-order valence-corrected chi connectivity index (χ0v) is 15.5. The summed E-state index contributed by atoms with van der Waals surface area (Å²) in [5, 5.41) is 0. The predicted molar refractivity (Wildman–Crippen MR) is 94.1 cm³/mol. The van der Waals surface area contributed by atoms with E-state index in [0.717, 1.165) is 0 Å². The average Bonchev–Trinajstić information content (AvgIpc) is 2.53. The van der Waals surface area contributed by atoms with Crippen molar-refractivity contribution in [3.05, 3.63) is 35.9 Å². The van der Waals surface area contributed by atoms with Gasteiger partial charge in [0.2, 0.25) is 0 Å². The van der Waals surface area contributed by atoms with Gasteiger partial charge in [-0.25, -0.2) is 13.6 Å². The Labute approximate surface area is 148 Å². The van der Waals surface area contributed by atoms with Gasteiger partial charge in [-0.15, -0.1) is 0 Å². The van der Waals surface area contributed by atoms with Crippen molar-refractivity contribution in [1.82, 2.24) is 9.80 Å². The lowest BCUT2D eigenvalue weighted by molar-refractivity contribution is -0.0602. The lowest BCUT2D eigenvalue weighted by atomic mass is 9.94. The first-order valence-corrected chi connectivity index (χ1v) is 8.71. The maximum atomic E-state index is 14.6. The third-order valence-electron chi connectivity index (χ3n) is 4.39. The molecule has 25 heavy (non-hydrogen) atoms. The number of ether oxygens (including phenoxy) is 1. The van der Waals surface area contributed by atoms with E-state index in [0.29, 0.717) is 31.7 Å². The minimum Gasteiger partial charge on any atom is -0.444 e. The standard InChI is InChI=1S/C19H28F2N2O2/c1-15(16-8-6-5-7-9-16)19(20,21)14-22-10-12-23(13-11-22)17(24)25-18(2,3)4/h5-9,15H,10-14H2,1-4H3. The molecule has 1 aliphatic rings. The van der Waals surface area contributed by atoms with Gasteiger partial charge >= 0.3 is 6.09 Å². The number of rotatable bonds is 4. The van der Waals surface area contributed by atoms with E-state index in [-0.39, 0.29) is 12.6 Å². The van der Waals surface area contributed by atoms with E-state index >= 15 is 0 Å². The molecule has 0 spiro atoms. The topological polar surface area (TPSA) is 32.8 Å². The molecule has 0 aromatic heterocycles. The van der Waals surface area contributed by atoms with Gasteiger partial charge in [0.1, 0.15) is 5.60 Å². The lowest BCUT2D eigenvalue weighted by Crippen LogP contribution is -2.53. The van der Waals surface area contributed by atoms with Crippen LogP contribution in [0.5, 0.6) is 0 Å². The number of amides is 1. The number of carbonyl (C=O) groups is 1. The highest BCUT2D eigenvalue weighted by atomic mass is 19.3. The highest BCUT2D eigenvalue weighted by Gasteiger charge is 2.40. The molecule has 0 saturated carbocycles. The van der Waals surface area contributed by atoms with Gasteiger partial charge in [-0.3, -0.25) is 4.90 Å². The first kappa shape index (κ1) is 19.6. The second kappa shape index (κ2) is 7.68. The van der Waals surface area contributed by atoms with Crippen molar-refractivity contribution in [2.24, 2.45) is 0 Å². The molecule has 1 aromatic rings. The molecule has 2 rings (SSSR count). The third kappa shape index (κ3) is 5.66. The van der Waals surface area contributed by atoms with Gasteiger partial charge in [0, 0.05) is 32.1 Å². The first-order chi connectivity index (χ1) is 11.6. The molecule has 1 unspecified atom stereocenters. The fourth-order valence-electron chi connectivity index (χ4n) is 2.84. The molecule has 1 aromatic carbocycles. The Hall–Kier alpha value is -1.69. The summed E-state index contributed by atoms with van der Waals surface area (Å²) in [7, 11) is 0. The summed E-state index contributed by atoms with van der Waals surface area (Å²) in [5.41, 5.74) is 0.0895. The van der Waals surface area contributed by atoms with Crippen LogP contribution in [0.2, 0.25) is 0 Å². The van der Waals surface area contributed by atoms with Crippen molar-refractivity contribution in [1.29, 1.82) is 0 Å². The average molecular weight is 354 g/mol. The minimum atomic E-state index is -2.82. The van der Waals surface area contributed by atoms with E-state index in [9.17, 15) is 13.6 Å². The summed E-state index contributed by atoms with van der Waals surface area (Å²) in [6, 6.07) is 8.85. The molecule has 0 radical (unpaired) electrons. The summed E-state index contributed by atoms with van der Waals surface area (Å²) < 4.78 is 34.6. The Bertz CT molecular complexity index is 565. The number of carbonyl (C=O) groups excluding carboxylic acids is 1. The first-order valence-electron chi connectivity index (χ1n) is 8.71. The molecule has 6 heteroatoms. The largest absolute Gasteiger partial charge is 0.444 e. The maximum Gasteiger partial charge on any atom is 0.410 e. The van der Waals surface area contributed by atoms with Gasteiger partial charge in [-0.05, 0) is 26.3 Å². The second-order valence-corrected chi connectivity index (χ2v) is 7.64. The molecular formula is C19H28F2N2O2. The Morgan fingerprint density at radius 1 is 1.12 bits per heavy atom. The molecule has 0 bridgehead atoms. The number of hydrogen-bond acceptors (Lipinski definition) is 3. The van der Waals surface area contributed by atoms with Crippen molar-refractivity contribution in [3.63, 3.8) is 0 Å². The van der Waals surface area contributed by atoms with Crippen LogP contribution < -0.4 is 0 Å². The molecular weight excluding hydrogens is 326 g/mol. The molecule has 1 heterocycles. The van der Waals surface area contributed by atoms with Crippen LogP contribution in [0.1, 0.15) is 39.2 Å². The van der Waals surface area contributed by atoms with E-state index in [1.54, 1.807) is 41.0 Å². The maximum absolute atomic E-state index is 14.6. The van der Waals surface area contributed by atoms with Crippen LogP contribution in [0, 0.1) is 0 Å². The Kier molecular flexibility index (Phi) is 6.03. The van der Waals surface area contributed by atoms with Gasteiger partial charge in [0.25, 0.3) is 5.92 Å². The monoisotopic (exact) mass is 354 g/mol. The van der Waals surface area contributed by atoms with Crippen LogP contribution in [-0.4, -0.2) is 60.1 Å². The molecule has 140 valence electrons. The SMILES string of the molecule is CC(c1ccccc1)C(F)(F)CN1CCN(C(=O)OC(C)(C)C)CC1. The summed E-state index contributed by atoms with van der Waals surface area (Å²) in [4.78, 5) is 15.3. The number of halogens is 2. The molecule has 1 atom stereocenters. The number of piperazine rings is 1. The normalized spacial score (nSPS) is 18.1. The third-order valence-corrected chi connectivity index (χ3v) is 4.39. The highest BCUT2D eigenvalue weighted by Crippen LogP contribution is 2.34.